The van der Waals surface area contributed by atoms with Gasteiger partial charge in [-0.25, -0.2) is 0 Å². The van der Waals surface area contributed by atoms with E-state index in [9.17, 15) is 9.90 Å². The first-order valence-corrected chi connectivity index (χ1v) is 8.30. The number of pyridine rings is 1. The van der Waals surface area contributed by atoms with Gasteiger partial charge in [0.2, 0.25) is 0 Å². The van der Waals surface area contributed by atoms with Crippen molar-refractivity contribution < 1.29 is 14.4 Å². The minimum atomic E-state index is -0.976. The molecule has 0 spiro atoms. The van der Waals surface area contributed by atoms with Crippen molar-refractivity contribution in [3.05, 3.63) is 36.2 Å². The predicted molar refractivity (Wildman–Crippen MR) is 85.2 cm³/mol. The molecule has 2 aromatic heterocycles. The van der Waals surface area contributed by atoms with Crippen molar-refractivity contribution in [2.45, 2.75) is 19.1 Å². The average Bonchev–Trinajstić information content (AvgIpc) is 3.01. The van der Waals surface area contributed by atoms with Crippen molar-refractivity contribution in [2.75, 3.05) is 19.1 Å². The number of rotatable bonds is 7. The van der Waals surface area contributed by atoms with E-state index in [1.807, 2.05) is 24.5 Å². The Morgan fingerprint density at radius 1 is 1.45 bits per heavy atom. The highest BCUT2D eigenvalue weighted by Gasteiger charge is 2.20. The third-order valence-corrected chi connectivity index (χ3v) is 3.78. The van der Waals surface area contributed by atoms with E-state index < -0.39 is 6.10 Å². The summed E-state index contributed by atoms with van der Waals surface area (Å²) in [4.78, 5) is 17.7. The molecule has 0 unspecified atom stereocenters. The Morgan fingerprint density at radius 3 is 2.95 bits per heavy atom. The lowest BCUT2D eigenvalue weighted by molar-refractivity contribution is -0.139. The van der Waals surface area contributed by atoms with E-state index in [0.717, 1.165) is 5.75 Å². The predicted octanol–water partition coefficient (Wildman–Crippen LogP) is 1.81. The van der Waals surface area contributed by atoms with E-state index in [2.05, 4.69) is 10.1 Å². The van der Waals surface area contributed by atoms with Gasteiger partial charge in [0.15, 0.2) is 5.76 Å². The second-order valence-corrected chi connectivity index (χ2v) is 5.87. The molecule has 1 N–H and O–H groups in total. The lowest BCUT2D eigenvalue weighted by Gasteiger charge is -2.19. The van der Waals surface area contributed by atoms with Gasteiger partial charge in [-0.2, -0.15) is 11.8 Å². The lowest BCUT2D eigenvalue weighted by Crippen LogP contribution is -2.36. The lowest BCUT2D eigenvalue weighted by atomic mass is 10.2. The fourth-order valence-electron chi connectivity index (χ4n) is 1.94. The molecule has 0 saturated heterocycles. The molecule has 0 fully saturated rings. The maximum atomic E-state index is 12.0. The Labute approximate surface area is 133 Å². The number of nitrogens with zero attached hydrogens (tertiary/aromatic N) is 3. The number of likely N-dealkylation sites (N-methyl/N-ethyl adjacent to an activating group) is 1. The zero-order chi connectivity index (χ0) is 15.9. The van der Waals surface area contributed by atoms with Crippen LogP contribution in [0.15, 0.2) is 35.0 Å². The summed E-state index contributed by atoms with van der Waals surface area (Å²) in [7, 11) is 1.63. The molecule has 0 aliphatic carbocycles. The minimum absolute atomic E-state index is 0.259. The first-order chi connectivity index (χ1) is 10.6. The summed E-state index contributed by atoms with van der Waals surface area (Å²) in [5.74, 6) is 0.978. The van der Waals surface area contributed by atoms with E-state index in [0.29, 0.717) is 23.6 Å². The summed E-state index contributed by atoms with van der Waals surface area (Å²) in [6, 6.07) is 7.28. The zero-order valence-electron chi connectivity index (χ0n) is 12.6. The molecule has 0 radical (unpaired) electrons. The molecule has 22 heavy (non-hydrogen) atoms. The normalized spacial score (nSPS) is 12.1. The molecule has 1 amide bonds. The van der Waals surface area contributed by atoms with Crippen LogP contribution in [0.1, 0.15) is 12.2 Å². The van der Waals surface area contributed by atoms with Gasteiger partial charge in [0, 0.05) is 19.3 Å². The van der Waals surface area contributed by atoms with Crippen LogP contribution in [-0.2, 0) is 11.3 Å². The van der Waals surface area contributed by atoms with Gasteiger partial charge in [-0.15, -0.1) is 0 Å². The first kappa shape index (κ1) is 16.5. The fourth-order valence-corrected chi connectivity index (χ4v) is 2.40. The highest BCUT2D eigenvalue weighted by Crippen LogP contribution is 2.17. The van der Waals surface area contributed by atoms with Gasteiger partial charge >= 0.3 is 0 Å². The third kappa shape index (κ3) is 4.32. The van der Waals surface area contributed by atoms with Crippen LogP contribution in [0.2, 0.25) is 0 Å². The number of carbonyl (C=O) groups is 1. The van der Waals surface area contributed by atoms with E-state index in [1.54, 1.807) is 31.1 Å². The largest absolute Gasteiger partial charge is 0.383 e. The number of hydrogen-bond acceptors (Lipinski definition) is 6. The van der Waals surface area contributed by atoms with Gasteiger partial charge in [0.05, 0.1) is 12.2 Å². The van der Waals surface area contributed by atoms with Crippen molar-refractivity contribution in [1.82, 2.24) is 15.0 Å². The van der Waals surface area contributed by atoms with Crippen LogP contribution in [0.3, 0.4) is 0 Å². The Hall–Kier alpha value is -1.86. The molecule has 0 aromatic carbocycles. The van der Waals surface area contributed by atoms with Crippen molar-refractivity contribution in [2.24, 2.45) is 0 Å². The molecule has 7 heteroatoms. The maximum absolute atomic E-state index is 12.0. The zero-order valence-corrected chi connectivity index (χ0v) is 13.4. The second kappa shape index (κ2) is 7.95. The SMILES string of the molecule is CSCC[C@@H](O)C(=O)N(C)Cc1cc(-c2ccccn2)no1. The van der Waals surface area contributed by atoms with Gasteiger partial charge in [0.1, 0.15) is 11.8 Å². The standard InChI is InChI=1S/C15H19N3O3S/c1-18(15(20)14(19)6-8-22-2)10-11-9-13(17-21-11)12-5-3-4-7-16-12/h3-5,7,9,14,19H,6,8,10H2,1-2H3/t14-/m1/s1. The Bertz CT molecular complexity index is 603. The van der Waals surface area contributed by atoms with Gasteiger partial charge in [-0.05, 0) is 30.6 Å². The number of aliphatic hydroxyl groups excluding tert-OH is 1. The molecule has 2 rings (SSSR count). The molecule has 0 saturated carbocycles. The molecule has 0 aliphatic rings. The Morgan fingerprint density at radius 2 is 2.27 bits per heavy atom. The number of thioether (sulfide) groups is 1. The van der Waals surface area contributed by atoms with Crippen LogP contribution in [0.25, 0.3) is 11.4 Å². The summed E-state index contributed by atoms with van der Waals surface area (Å²) in [5.41, 5.74) is 1.34. The van der Waals surface area contributed by atoms with E-state index in [-0.39, 0.29) is 12.5 Å². The highest BCUT2D eigenvalue weighted by atomic mass is 32.2. The number of amides is 1. The van der Waals surface area contributed by atoms with Crippen LogP contribution in [0.5, 0.6) is 0 Å². The molecule has 6 nitrogen and oxygen atoms in total. The molecule has 1 atom stereocenters. The smallest absolute Gasteiger partial charge is 0.251 e. The van der Waals surface area contributed by atoms with Crippen molar-refractivity contribution in [3.8, 4) is 11.4 Å². The number of aromatic nitrogens is 2. The van der Waals surface area contributed by atoms with Gasteiger partial charge in [-0.1, -0.05) is 11.2 Å². The van der Waals surface area contributed by atoms with Crippen molar-refractivity contribution in [1.29, 1.82) is 0 Å². The van der Waals surface area contributed by atoms with Crippen LogP contribution in [-0.4, -0.2) is 51.2 Å². The van der Waals surface area contributed by atoms with Gasteiger partial charge in [-0.3, -0.25) is 9.78 Å². The Kier molecular flexibility index (Phi) is 5.97. The topological polar surface area (TPSA) is 79.5 Å². The highest BCUT2D eigenvalue weighted by molar-refractivity contribution is 7.98. The summed E-state index contributed by atoms with van der Waals surface area (Å²) >= 11 is 1.60. The van der Waals surface area contributed by atoms with Gasteiger partial charge < -0.3 is 14.5 Å². The number of carbonyl (C=O) groups excluding carboxylic acids is 1. The Balaban J connectivity index is 1.96. The molecule has 2 heterocycles. The summed E-state index contributed by atoms with van der Waals surface area (Å²) < 4.78 is 5.23. The molecule has 2 aromatic rings. The van der Waals surface area contributed by atoms with Crippen LogP contribution in [0.4, 0.5) is 0 Å². The van der Waals surface area contributed by atoms with Crippen molar-refractivity contribution >= 4 is 17.7 Å². The first-order valence-electron chi connectivity index (χ1n) is 6.90. The van der Waals surface area contributed by atoms with Crippen LogP contribution < -0.4 is 0 Å². The third-order valence-electron chi connectivity index (χ3n) is 3.14. The summed E-state index contributed by atoms with van der Waals surface area (Å²) in [6.07, 6.45) is 3.09. The van der Waals surface area contributed by atoms with Crippen LogP contribution in [0, 0.1) is 0 Å². The fraction of sp³-hybridized carbons (Fsp3) is 0.400. The molecule has 118 valence electrons. The molecule has 0 bridgehead atoms. The second-order valence-electron chi connectivity index (χ2n) is 4.89. The molecular formula is C15H19N3O3S. The number of aliphatic hydroxyl groups is 1. The molecular weight excluding hydrogens is 302 g/mol. The van der Waals surface area contributed by atoms with Crippen molar-refractivity contribution in [3.63, 3.8) is 0 Å². The van der Waals surface area contributed by atoms with E-state index in [1.165, 1.54) is 4.90 Å². The quantitative estimate of drug-likeness (QED) is 0.838. The van der Waals surface area contributed by atoms with Crippen LogP contribution >= 0.6 is 11.8 Å². The van der Waals surface area contributed by atoms with E-state index in [4.69, 9.17) is 4.52 Å². The average molecular weight is 321 g/mol. The summed E-state index contributed by atoms with van der Waals surface area (Å²) in [6.45, 7) is 0.259. The molecule has 0 aliphatic heterocycles. The maximum Gasteiger partial charge on any atom is 0.251 e. The monoisotopic (exact) mass is 321 g/mol. The number of hydrogen-bond donors (Lipinski definition) is 1. The van der Waals surface area contributed by atoms with Gasteiger partial charge in [0.25, 0.3) is 5.91 Å². The minimum Gasteiger partial charge on any atom is -0.383 e. The van der Waals surface area contributed by atoms with E-state index >= 15 is 0 Å². The summed E-state index contributed by atoms with van der Waals surface area (Å²) in [5, 5.41) is 13.8.